The number of anilines is 2. The number of nitro groups is 1. The normalized spacial score (nSPS) is 13.4. The Hall–Kier alpha value is -4.63. The van der Waals surface area contributed by atoms with Crippen molar-refractivity contribution >= 4 is 46.2 Å². The summed E-state index contributed by atoms with van der Waals surface area (Å²) in [6.45, 7) is 0. The summed E-state index contributed by atoms with van der Waals surface area (Å²) in [6.07, 6.45) is 0. The van der Waals surface area contributed by atoms with Crippen LogP contribution in [-0.2, 0) is 4.79 Å². The number of hydrogen-bond donors (Lipinski definition) is 1. The number of carbonyl (C=O) groups is 1. The summed E-state index contributed by atoms with van der Waals surface area (Å²) >= 11 is 6.14. The van der Waals surface area contributed by atoms with Crippen LogP contribution >= 0.6 is 11.6 Å². The van der Waals surface area contributed by atoms with Crippen LogP contribution in [0.2, 0.25) is 5.02 Å². The van der Waals surface area contributed by atoms with Gasteiger partial charge >= 0.3 is 0 Å². The van der Waals surface area contributed by atoms with Gasteiger partial charge in [0, 0.05) is 53.6 Å². The van der Waals surface area contributed by atoms with Crippen molar-refractivity contribution < 1.29 is 9.72 Å². The smallest absolute Gasteiger partial charge is 0.275 e. The molecule has 4 aromatic rings. The lowest BCUT2D eigenvalue weighted by Crippen LogP contribution is -2.14. The summed E-state index contributed by atoms with van der Waals surface area (Å²) in [6, 6.07) is 20.7. The zero-order valence-corrected chi connectivity index (χ0v) is 20.0. The molecule has 0 fully saturated rings. The molecular formula is C26H19ClN6O3. The van der Waals surface area contributed by atoms with E-state index in [1.165, 1.54) is 12.1 Å². The number of carbonyl (C=O) groups excluding carboxylic acids is 1. The predicted octanol–water partition coefficient (Wildman–Crippen LogP) is 5.51. The highest BCUT2D eigenvalue weighted by Crippen LogP contribution is 2.31. The van der Waals surface area contributed by atoms with E-state index in [9.17, 15) is 14.9 Å². The predicted molar refractivity (Wildman–Crippen MR) is 140 cm³/mol. The molecule has 0 aliphatic carbocycles. The molecule has 0 spiro atoms. The molecule has 5 rings (SSSR count). The number of nitro benzene ring substituents is 1. The van der Waals surface area contributed by atoms with Crippen molar-refractivity contribution in [3.8, 4) is 22.5 Å². The maximum Gasteiger partial charge on any atom is 0.275 e. The van der Waals surface area contributed by atoms with Crippen molar-refractivity contribution in [1.29, 1.82) is 0 Å². The fourth-order valence-corrected chi connectivity index (χ4v) is 3.97. The maximum absolute atomic E-state index is 12.7. The summed E-state index contributed by atoms with van der Waals surface area (Å²) in [5.74, 6) is -0.302. The first-order valence-electron chi connectivity index (χ1n) is 10.9. The number of amides is 1. The van der Waals surface area contributed by atoms with Gasteiger partial charge in [-0.1, -0.05) is 23.7 Å². The molecule has 1 aliphatic rings. The Morgan fingerprint density at radius 3 is 2.11 bits per heavy atom. The number of fused-ring (bicyclic) bond motifs is 1. The average Bonchev–Trinajstić information content (AvgIpc) is 3.18. The number of benzene rings is 3. The molecular weight excluding hydrogens is 480 g/mol. The molecule has 3 aromatic carbocycles. The molecule has 1 amide bonds. The van der Waals surface area contributed by atoms with Gasteiger partial charge in [0.1, 0.15) is 5.71 Å². The van der Waals surface area contributed by atoms with E-state index in [1.54, 1.807) is 36.4 Å². The minimum Gasteiger partial charge on any atom is -0.378 e. The van der Waals surface area contributed by atoms with Gasteiger partial charge in [-0.2, -0.15) is 0 Å². The van der Waals surface area contributed by atoms with E-state index in [4.69, 9.17) is 11.6 Å². The van der Waals surface area contributed by atoms with Gasteiger partial charge in [0.2, 0.25) is 0 Å². The van der Waals surface area contributed by atoms with Gasteiger partial charge in [0.15, 0.2) is 0 Å². The van der Waals surface area contributed by atoms with Crippen LogP contribution in [0.25, 0.3) is 22.5 Å². The van der Waals surface area contributed by atoms with E-state index >= 15 is 0 Å². The number of aromatic nitrogens is 2. The summed E-state index contributed by atoms with van der Waals surface area (Å²) < 4.78 is 0. The van der Waals surface area contributed by atoms with Crippen LogP contribution in [0.5, 0.6) is 0 Å². The van der Waals surface area contributed by atoms with Crippen molar-refractivity contribution in [2.45, 2.75) is 0 Å². The van der Waals surface area contributed by atoms with Crippen LogP contribution in [-0.4, -0.2) is 40.6 Å². The number of nitrogens with one attached hydrogen (secondary N) is 1. The molecule has 2 heterocycles. The van der Waals surface area contributed by atoms with Crippen molar-refractivity contribution in [2.75, 3.05) is 24.3 Å². The number of rotatable bonds is 5. The van der Waals surface area contributed by atoms with E-state index in [0.717, 1.165) is 11.3 Å². The van der Waals surface area contributed by atoms with E-state index in [1.807, 2.05) is 43.3 Å². The number of aliphatic imine (C=N–C) groups is 1. The van der Waals surface area contributed by atoms with E-state index < -0.39 is 4.92 Å². The minimum atomic E-state index is -0.458. The summed E-state index contributed by atoms with van der Waals surface area (Å²) in [5, 5.41) is 14.3. The van der Waals surface area contributed by atoms with Gasteiger partial charge in [-0.25, -0.2) is 15.0 Å². The number of halogens is 1. The molecule has 1 aliphatic heterocycles. The minimum absolute atomic E-state index is 0.0242. The number of nitrogens with zero attached hydrogens (tertiary/aromatic N) is 5. The zero-order chi connectivity index (χ0) is 25.4. The quantitative estimate of drug-likeness (QED) is 0.286. The van der Waals surface area contributed by atoms with Crippen LogP contribution in [0.15, 0.2) is 77.8 Å². The Labute approximate surface area is 211 Å². The standard InChI is InChI=1S/C26H19ClN6O3/c1-32(2)18-8-3-15(4-9-18)22-14-23(16-5-10-19(11-6-16)33(35)36)30-26(29-22)31-24-20-13-17(27)7-12-21(20)28-25(24)34/h3-14H,1-2H3,(H,28,29,30,31,34). The first kappa shape index (κ1) is 23.1. The highest BCUT2D eigenvalue weighted by atomic mass is 35.5. The van der Waals surface area contributed by atoms with Gasteiger partial charge in [-0.15, -0.1) is 0 Å². The molecule has 0 saturated heterocycles. The lowest BCUT2D eigenvalue weighted by atomic mass is 10.1. The third-order valence-electron chi connectivity index (χ3n) is 5.68. The molecule has 0 atom stereocenters. The van der Waals surface area contributed by atoms with Crippen LogP contribution in [0.3, 0.4) is 0 Å². The van der Waals surface area contributed by atoms with Crippen LogP contribution in [0.1, 0.15) is 5.56 Å². The lowest BCUT2D eigenvalue weighted by molar-refractivity contribution is -0.384. The van der Waals surface area contributed by atoms with Crippen molar-refractivity contribution in [3.63, 3.8) is 0 Å². The summed E-state index contributed by atoms with van der Waals surface area (Å²) in [5.41, 5.74) is 4.90. The number of hydrogen-bond acceptors (Lipinski definition) is 7. The third kappa shape index (κ3) is 4.51. The topological polar surface area (TPSA) is 114 Å². The molecule has 178 valence electrons. The second kappa shape index (κ2) is 9.20. The van der Waals surface area contributed by atoms with Gasteiger partial charge < -0.3 is 10.2 Å². The fourth-order valence-electron chi connectivity index (χ4n) is 3.80. The number of non-ortho nitro benzene ring substituents is 1. The van der Waals surface area contributed by atoms with Crippen molar-refractivity contribution in [3.05, 3.63) is 93.5 Å². The molecule has 0 saturated carbocycles. The summed E-state index contributed by atoms with van der Waals surface area (Å²) in [7, 11) is 3.91. The van der Waals surface area contributed by atoms with Gasteiger partial charge in [0.05, 0.1) is 22.0 Å². The molecule has 0 unspecified atom stereocenters. The first-order chi connectivity index (χ1) is 17.3. The Morgan fingerprint density at radius 2 is 1.53 bits per heavy atom. The van der Waals surface area contributed by atoms with Crippen LogP contribution in [0, 0.1) is 10.1 Å². The van der Waals surface area contributed by atoms with Crippen molar-refractivity contribution in [2.24, 2.45) is 4.99 Å². The third-order valence-corrected chi connectivity index (χ3v) is 5.91. The van der Waals surface area contributed by atoms with Crippen molar-refractivity contribution in [1.82, 2.24) is 9.97 Å². The van der Waals surface area contributed by atoms with E-state index in [2.05, 4.69) is 20.3 Å². The maximum atomic E-state index is 12.7. The molecule has 1 aromatic heterocycles. The second-order valence-electron chi connectivity index (χ2n) is 8.29. The Kier molecular flexibility index (Phi) is 5.91. The van der Waals surface area contributed by atoms with E-state index in [0.29, 0.717) is 33.2 Å². The van der Waals surface area contributed by atoms with Gasteiger partial charge in [-0.3, -0.25) is 14.9 Å². The fraction of sp³-hybridized carbons (Fsp3) is 0.0769. The average molecular weight is 499 g/mol. The Balaban J connectivity index is 1.64. The molecule has 0 bridgehead atoms. The lowest BCUT2D eigenvalue weighted by Gasteiger charge is -2.13. The highest BCUT2D eigenvalue weighted by molar-refractivity contribution is 6.54. The van der Waals surface area contributed by atoms with Crippen LogP contribution < -0.4 is 10.2 Å². The van der Waals surface area contributed by atoms with Gasteiger partial charge in [-0.05, 0) is 48.5 Å². The molecule has 36 heavy (non-hydrogen) atoms. The van der Waals surface area contributed by atoms with E-state index in [-0.39, 0.29) is 23.3 Å². The van der Waals surface area contributed by atoms with Gasteiger partial charge in [0.25, 0.3) is 17.5 Å². The second-order valence-corrected chi connectivity index (χ2v) is 8.72. The molecule has 0 radical (unpaired) electrons. The molecule has 9 nitrogen and oxygen atoms in total. The SMILES string of the molecule is CN(C)c1ccc(-c2cc(-c3ccc([N+](=O)[O-])cc3)nc(/N=C3/C(=O)Nc4ccc(Cl)cc43)n2)cc1. The van der Waals surface area contributed by atoms with Crippen LogP contribution in [0.4, 0.5) is 23.0 Å². The Bertz CT molecular complexity index is 1530. The monoisotopic (exact) mass is 498 g/mol. The summed E-state index contributed by atoms with van der Waals surface area (Å²) in [4.78, 5) is 38.9. The first-order valence-corrected chi connectivity index (χ1v) is 11.3. The highest BCUT2D eigenvalue weighted by Gasteiger charge is 2.27. The molecule has 1 N–H and O–H groups in total. The largest absolute Gasteiger partial charge is 0.378 e. The zero-order valence-electron chi connectivity index (χ0n) is 19.3. The Morgan fingerprint density at radius 1 is 0.917 bits per heavy atom. The molecule has 10 heteroatoms.